The first kappa shape index (κ1) is 12.9. The molecule has 0 aromatic carbocycles. The van der Waals surface area contributed by atoms with Crippen molar-refractivity contribution in [1.29, 1.82) is 0 Å². The van der Waals surface area contributed by atoms with E-state index in [-0.39, 0.29) is 0 Å². The minimum Gasteiger partial charge on any atom is -0.345 e. The van der Waals surface area contributed by atoms with Crippen molar-refractivity contribution in [1.82, 2.24) is 4.90 Å². The molecule has 1 unspecified atom stereocenters. The standard InChI is InChI=1S/C9H16FNO2.C2H6/c1-2-11-4-3-9(8(10)7-11)12-5-6-13-9;1-2/h8H,2-7H2,1H3;1-2H3. The Labute approximate surface area is 91.5 Å². The van der Waals surface area contributed by atoms with Gasteiger partial charge in [0.1, 0.15) is 0 Å². The van der Waals surface area contributed by atoms with Crippen LogP contribution in [0.5, 0.6) is 0 Å². The highest BCUT2D eigenvalue weighted by molar-refractivity contribution is 4.90. The molecule has 0 aliphatic carbocycles. The van der Waals surface area contributed by atoms with Crippen LogP contribution in [0.1, 0.15) is 27.2 Å². The SMILES string of the molecule is CC.CCN1CCC2(OCCO2)C(F)C1. The molecule has 0 amide bonds. The number of likely N-dealkylation sites (tertiary alicyclic amines) is 1. The summed E-state index contributed by atoms with van der Waals surface area (Å²) in [5.74, 6) is -0.897. The molecule has 2 heterocycles. The number of halogens is 1. The molecule has 2 fully saturated rings. The third-order valence-electron chi connectivity index (χ3n) is 2.90. The van der Waals surface area contributed by atoms with E-state index in [9.17, 15) is 4.39 Å². The first-order valence-corrected chi connectivity index (χ1v) is 5.91. The van der Waals surface area contributed by atoms with Gasteiger partial charge < -0.3 is 14.4 Å². The summed E-state index contributed by atoms with van der Waals surface area (Å²) in [5.41, 5.74) is 0. The molecule has 0 aromatic rings. The zero-order chi connectivity index (χ0) is 11.3. The summed E-state index contributed by atoms with van der Waals surface area (Å²) in [7, 11) is 0. The molecule has 0 N–H and O–H groups in total. The van der Waals surface area contributed by atoms with E-state index in [2.05, 4.69) is 4.90 Å². The molecule has 1 spiro atoms. The lowest BCUT2D eigenvalue weighted by Crippen LogP contribution is -2.54. The van der Waals surface area contributed by atoms with Crippen molar-refractivity contribution in [2.75, 3.05) is 32.8 Å². The summed E-state index contributed by atoms with van der Waals surface area (Å²) >= 11 is 0. The quantitative estimate of drug-likeness (QED) is 0.671. The van der Waals surface area contributed by atoms with Gasteiger partial charge in [0.25, 0.3) is 0 Å². The van der Waals surface area contributed by atoms with Crippen molar-refractivity contribution >= 4 is 0 Å². The molecule has 0 radical (unpaired) electrons. The molecular weight excluding hydrogens is 197 g/mol. The van der Waals surface area contributed by atoms with Crippen LogP contribution in [-0.4, -0.2) is 49.7 Å². The second-order valence-electron chi connectivity index (χ2n) is 3.62. The number of piperidine rings is 1. The van der Waals surface area contributed by atoms with Crippen LogP contribution >= 0.6 is 0 Å². The van der Waals surface area contributed by atoms with Crippen molar-refractivity contribution in [3.8, 4) is 0 Å². The summed E-state index contributed by atoms with van der Waals surface area (Å²) in [4.78, 5) is 2.08. The molecule has 4 heteroatoms. The molecule has 0 saturated carbocycles. The van der Waals surface area contributed by atoms with Gasteiger partial charge in [0.2, 0.25) is 5.79 Å². The van der Waals surface area contributed by atoms with Crippen molar-refractivity contribution in [3.05, 3.63) is 0 Å². The first-order chi connectivity index (χ1) is 7.27. The smallest absolute Gasteiger partial charge is 0.202 e. The summed E-state index contributed by atoms with van der Waals surface area (Å²) < 4.78 is 24.4. The van der Waals surface area contributed by atoms with Gasteiger partial charge in [-0.15, -0.1) is 0 Å². The topological polar surface area (TPSA) is 21.7 Å². The fraction of sp³-hybridized carbons (Fsp3) is 1.00. The number of hydrogen-bond donors (Lipinski definition) is 0. The number of nitrogens with zero attached hydrogens (tertiary/aromatic N) is 1. The van der Waals surface area contributed by atoms with Crippen molar-refractivity contribution in [3.63, 3.8) is 0 Å². The fourth-order valence-electron chi connectivity index (χ4n) is 2.01. The van der Waals surface area contributed by atoms with E-state index in [1.807, 2.05) is 20.8 Å². The summed E-state index contributed by atoms with van der Waals surface area (Å²) in [5, 5.41) is 0. The van der Waals surface area contributed by atoms with Gasteiger partial charge in [-0.05, 0) is 6.54 Å². The van der Waals surface area contributed by atoms with E-state index in [1.54, 1.807) is 0 Å². The largest absolute Gasteiger partial charge is 0.345 e. The molecule has 1 atom stereocenters. The average Bonchev–Trinajstić information content (AvgIpc) is 2.75. The highest BCUT2D eigenvalue weighted by atomic mass is 19.1. The van der Waals surface area contributed by atoms with E-state index >= 15 is 0 Å². The Bertz CT molecular complexity index is 183. The van der Waals surface area contributed by atoms with Crippen molar-refractivity contribution < 1.29 is 13.9 Å². The highest BCUT2D eigenvalue weighted by Gasteiger charge is 2.48. The minimum absolute atomic E-state index is 0.441. The molecule has 2 aliphatic rings. The molecular formula is C11H22FNO2. The van der Waals surface area contributed by atoms with Crippen LogP contribution in [0, 0.1) is 0 Å². The molecule has 0 aromatic heterocycles. The Kier molecular flexibility index (Phi) is 4.96. The zero-order valence-corrected chi connectivity index (χ0v) is 9.96. The first-order valence-electron chi connectivity index (χ1n) is 5.91. The van der Waals surface area contributed by atoms with Gasteiger partial charge in [-0.25, -0.2) is 4.39 Å². The summed E-state index contributed by atoms with van der Waals surface area (Å²) in [6.07, 6.45) is -0.342. The Morgan fingerprint density at radius 2 is 1.93 bits per heavy atom. The lowest BCUT2D eigenvalue weighted by molar-refractivity contribution is -0.224. The summed E-state index contributed by atoms with van der Waals surface area (Å²) in [6.45, 7) is 9.32. The maximum Gasteiger partial charge on any atom is 0.202 e. The second kappa shape index (κ2) is 5.77. The van der Waals surface area contributed by atoms with Gasteiger partial charge in [0.15, 0.2) is 6.17 Å². The van der Waals surface area contributed by atoms with Gasteiger partial charge >= 0.3 is 0 Å². The number of alkyl halides is 1. The van der Waals surface area contributed by atoms with Gasteiger partial charge in [-0.3, -0.25) is 0 Å². The van der Waals surface area contributed by atoms with Crippen LogP contribution in [0.4, 0.5) is 4.39 Å². The van der Waals surface area contributed by atoms with Crippen molar-refractivity contribution in [2.24, 2.45) is 0 Å². The molecule has 2 aliphatic heterocycles. The van der Waals surface area contributed by atoms with E-state index in [1.165, 1.54) is 0 Å². The predicted molar refractivity (Wildman–Crippen MR) is 57.6 cm³/mol. The molecule has 3 nitrogen and oxygen atoms in total. The van der Waals surface area contributed by atoms with Crippen molar-refractivity contribution in [2.45, 2.75) is 39.2 Å². The number of rotatable bonds is 1. The highest BCUT2D eigenvalue weighted by Crippen LogP contribution is 2.33. The second-order valence-corrected chi connectivity index (χ2v) is 3.62. The lowest BCUT2D eigenvalue weighted by atomic mass is 10.0. The van der Waals surface area contributed by atoms with Crippen LogP contribution in [-0.2, 0) is 9.47 Å². The van der Waals surface area contributed by atoms with Gasteiger partial charge in [0.05, 0.1) is 13.2 Å². The predicted octanol–water partition coefficient (Wildman–Crippen LogP) is 1.82. The fourth-order valence-corrected chi connectivity index (χ4v) is 2.01. The van der Waals surface area contributed by atoms with Gasteiger partial charge in [-0.1, -0.05) is 20.8 Å². The monoisotopic (exact) mass is 219 g/mol. The van der Waals surface area contributed by atoms with Crippen LogP contribution < -0.4 is 0 Å². The van der Waals surface area contributed by atoms with Crippen LogP contribution in [0.3, 0.4) is 0 Å². The van der Waals surface area contributed by atoms with Gasteiger partial charge in [0, 0.05) is 19.5 Å². The van der Waals surface area contributed by atoms with Gasteiger partial charge in [-0.2, -0.15) is 0 Å². The number of ether oxygens (including phenoxy) is 2. The molecule has 0 bridgehead atoms. The molecule has 15 heavy (non-hydrogen) atoms. The summed E-state index contributed by atoms with van der Waals surface area (Å²) in [6, 6.07) is 0. The third-order valence-corrected chi connectivity index (χ3v) is 2.90. The molecule has 90 valence electrons. The maximum atomic E-state index is 13.7. The van der Waals surface area contributed by atoms with Crippen LogP contribution in [0.15, 0.2) is 0 Å². The Morgan fingerprint density at radius 1 is 1.33 bits per heavy atom. The third kappa shape index (κ3) is 2.68. The Morgan fingerprint density at radius 3 is 2.40 bits per heavy atom. The van der Waals surface area contributed by atoms with E-state index in [0.29, 0.717) is 26.2 Å². The molecule has 2 saturated heterocycles. The normalized spacial score (nSPS) is 30.0. The maximum absolute atomic E-state index is 13.7. The molecule has 2 rings (SSSR count). The average molecular weight is 219 g/mol. The van der Waals surface area contributed by atoms with E-state index < -0.39 is 12.0 Å². The van der Waals surface area contributed by atoms with E-state index in [0.717, 1.165) is 13.1 Å². The Balaban J connectivity index is 0.000000531. The van der Waals surface area contributed by atoms with Crippen LogP contribution in [0.25, 0.3) is 0 Å². The minimum atomic E-state index is -0.997. The lowest BCUT2D eigenvalue weighted by Gasteiger charge is -2.39. The zero-order valence-electron chi connectivity index (χ0n) is 9.96. The van der Waals surface area contributed by atoms with Crippen LogP contribution in [0.2, 0.25) is 0 Å². The number of hydrogen-bond acceptors (Lipinski definition) is 3. The van der Waals surface area contributed by atoms with E-state index in [4.69, 9.17) is 9.47 Å². The Hall–Kier alpha value is -0.190.